The van der Waals surface area contributed by atoms with Gasteiger partial charge in [0.2, 0.25) is 0 Å². The van der Waals surface area contributed by atoms with E-state index in [9.17, 15) is 18.7 Å². The molecule has 0 radical (unpaired) electrons. The Morgan fingerprint density at radius 2 is 2.04 bits per heavy atom. The molecule has 0 unspecified atom stereocenters. The summed E-state index contributed by atoms with van der Waals surface area (Å²) in [4.78, 5) is 13.8. The van der Waals surface area contributed by atoms with Crippen LogP contribution in [-0.4, -0.2) is 41.4 Å². The zero-order valence-electron chi connectivity index (χ0n) is 13.7. The maximum absolute atomic E-state index is 13.5. The van der Waals surface area contributed by atoms with E-state index < -0.39 is 23.3 Å². The third-order valence-electron chi connectivity index (χ3n) is 4.01. The Kier molecular flexibility index (Phi) is 5.24. The van der Waals surface area contributed by atoms with Gasteiger partial charge in [0.25, 0.3) is 0 Å². The minimum absolute atomic E-state index is 0.0637. The van der Waals surface area contributed by atoms with Crippen molar-refractivity contribution >= 4 is 6.09 Å². The van der Waals surface area contributed by atoms with Crippen LogP contribution in [0.3, 0.4) is 0 Å². The number of carbonyl (C=O) groups is 1. The average molecular weight is 327 g/mol. The number of aliphatic hydroxyl groups is 1. The van der Waals surface area contributed by atoms with Gasteiger partial charge in [-0.2, -0.15) is 0 Å². The first-order valence-electron chi connectivity index (χ1n) is 7.75. The topological polar surface area (TPSA) is 49.8 Å². The van der Waals surface area contributed by atoms with E-state index in [1.807, 2.05) is 0 Å². The van der Waals surface area contributed by atoms with Crippen LogP contribution in [0.1, 0.15) is 38.7 Å². The van der Waals surface area contributed by atoms with Gasteiger partial charge in [-0.05, 0) is 50.8 Å². The second kappa shape index (κ2) is 6.83. The minimum atomic E-state index is -0.923. The molecular formula is C17H23F2NO3. The lowest BCUT2D eigenvalue weighted by Crippen LogP contribution is -2.45. The number of ether oxygens (including phenoxy) is 1. The summed E-state index contributed by atoms with van der Waals surface area (Å²) in [5.41, 5.74) is -0.0150. The molecule has 23 heavy (non-hydrogen) atoms. The van der Waals surface area contributed by atoms with Gasteiger partial charge in [-0.1, -0.05) is 6.07 Å². The number of amides is 1. The molecule has 1 aromatic carbocycles. The summed E-state index contributed by atoms with van der Waals surface area (Å²) in [6.45, 7) is 6.09. The molecule has 0 aliphatic carbocycles. The first kappa shape index (κ1) is 17.7. The molecular weight excluding hydrogens is 304 g/mol. The van der Waals surface area contributed by atoms with E-state index in [4.69, 9.17) is 4.74 Å². The largest absolute Gasteiger partial charge is 0.444 e. The van der Waals surface area contributed by atoms with Crippen molar-refractivity contribution in [3.05, 3.63) is 35.4 Å². The van der Waals surface area contributed by atoms with Crippen molar-refractivity contribution < 1.29 is 23.4 Å². The zero-order valence-corrected chi connectivity index (χ0v) is 13.7. The highest BCUT2D eigenvalue weighted by Crippen LogP contribution is 2.33. The van der Waals surface area contributed by atoms with E-state index in [0.717, 1.165) is 12.1 Å². The lowest BCUT2D eigenvalue weighted by Gasteiger charge is -2.38. The Morgan fingerprint density at radius 3 is 2.61 bits per heavy atom. The summed E-state index contributed by atoms with van der Waals surface area (Å²) < 4.78 is 32.0. The molecule has 6 heteroatoms. The summed E-state index contributed by atoms with van der Waals surface area (Å²) >= 11 is 0. The Bertz CT molecular complexity index is 571. The number of hydrogen-bond donors (Lipinski definition) is 1. The number of carbonyl (C=O) groups excluding carboxylic acids is 1. The Labute approximate surface area is 135 Å². The van der Waals surface area contributed by atoms with Crippen LogP contribution < -0.4 is 0 Å². The van der Waals surface area contributed by atoms with E-state index in [-0.39, 0.29) is 18.4 Å². The molecule has 1 heterocycles. The molecule has 0 aromatic heterocycles. The third-order valence-corrected chi connectivity index (χ3v) is 4.01. The monoisotopic (exact) mass is 327 g/mol. The van der Waals surface area contributed by atoms with E-state index in [2.05, 4.69) is 0 Å². The number of aliphatic hydroxyl groups excluding tert-OH is 1. The van der Waals surface area contributed by atoms with Crippen LogP contribution in [0.15, 0.2) is 18.2 Å². The average Bonchev–Trinajstić information content (AvgIpc) is 2.47. The predicted molar refractivity (Wildman–Crippen MR) is 82.1 cm³/mol. The first-order chi connectivity index (χ1) is 10.7. The molecule has 1 aromatic rings. The molecule has 0 bridgehead atoms. The molecule has 1 aliphatic rings. The van der Waals surface area contributed by atoms with Crippen LogP contribution in [0.5, 0.6) is 0 Å². The molecule has 2 atom stereocenters. The van der Waals surface area contributed by atoms with E-state index in [1.54, 1.807) is 25.7 Å². The van der Waals surface area contributed by atoms with Crippen LogP contribution in [0.25, 0.3) is 0 Å². The van der Waals surface area contributed by atoms with E-state index >= 15 is 0 Å². The number of halogens is 2. The van der Waals surface area contributed by atoms with Crippen molar-refractivity contribution in [3.8, 4) is 0 Å². The number of benzene rings is 1. The van der Waals surface area contributed by atoms with Gasteiger partial charge in [0.05, 0.1) is 0 Å². The van der Waals surface area contributed by atoms with Gasteiger partial charge in [-0.3, -0.25) is 0 Å². The van der Waals surface area contributed by atoms with Crippen molar-refractivity contribution in [3.63, 3.8) is 0 Å². The van der Waals surface area contributed by atoms with Gasteiger partial charge < -0.3 is 14.7 Å². The van der Waals surface area contributed by atoms with Crippen LogP contribution in [0.2, 0.25) is 0 Å². The molecule has 1 fully saturated rings. The fourth-order valence-electron chi connectivity index (χ4n) is 2.83. The number of rotatable bonds is 2. The molecule has 4 nitrogen and oxygen atoms in total. The Morgan fingerprint density at radius 1 is 1.35 bits per heavy atom. The number of nitrogens with zero attached hydrogens (tertiary/aromatic N) is 1. The molecule has 128 valence electrons. The first-order valence-corrected chi connectivity index (χ1v) is 7.75. The van der Waals surface area contributed by atoms with Crippen LogP contribution >= 0.6 is 0 Å². The Hall–Kier alpha value is -1.69. The van der Waals surface area contributed by atoms with Crippen molar-refractivity contribution in [1.82, 2.24) is 4.90 Å². The van der Waals surface area contributed by atoms with Gasteiger partial charge in [0, 0.05) is 25.6 Å². The van der Waals surface area contributed by atoms with Crippen molar-refractivity contribution in [2.24, 2.45) is 5.92 Å². The van der Waals surface area contributed by atoms with Crippen molar-refractivity contribution in [2.45, 2.75) is 38.7 Å². The number of hydrogen-bond acceptors (Lipinski definition) is 3. The zero-order chi connectivity index (χ0) is 17.2. The molecule has 0 spiro atoms. The molecule has 1 saturated heterocycles. The smallest absolute Gasteiger partial charge is 0.410 e. The number of piperidine rings is 1. The van der Waals surface area contributed by atoms with Gasteiger partial charge >= 0.3 is 6.09 Å². The standard InChI is InChI=1S/C17H23F2NO3/c1-17(2,3)23-16(22)20-7-6-12(10-21)13(9-20)11-4-5-14(18)15(19)8-11/h4-5,8,12-13,21H,6-7,9-10H2,1-3H3/t12-,13-/m0/s1. The molecule has 2 rings (SSSR count). The van der Waals surface area contributed by atoms with E-state index in [0.29, 0.717) is 25.1 Å². The maximum atomic E-state index is 13.5. The summed E-state index contributed by atoms with van der Waals surface area (Å²) in [7, 11) is 0. The van der Waals surface area contributed by atoms with Crippen molar-refractivity contribution in [1.29, 1.82) is 0 Å². The van der Waals surface area contributed by atoms with Gasteiger partial charge in [-0.15, -0.1) is 0 Å². The molecule has 1 aliphatic heterocycles. The van der Waals surface area contributed by atoms with Gasteiger partial charge in [-0.25, -0.2) is 13.6 Å². The van der Waals surface area contributed by atoms with Crippen LogP contribution in [0.4, 0.5) is 13.6 Å². The van der Waals surface area contributed by atoms with E-state index in [1.165, 1.54) is 6.07 Å². The second-order valence-corrected chi connectivity index (χ2v) is 6.94. The van der Waals surface area contributed by atoms with Crippen molar-refractivity contribution in [2.75, 3.05) is 19.7 Å². The second-order valence-electron chi connectivity index (χ2n) is 6.94. The summed E-state index contributed by atoms with van der Waals surface area (Å²) in [5, 5.41) is 9.56. The number of likely N-dealkylation sites (tertiary alicyclic amines) is 1. The van der Waals surface area contributed by atoms with Gasteiger partial charge in [0.1, 0.15) is 5.60 Å². The minimum Gasteiger partial charge on any atom is -0.444 e. The summed E-state index contributed by atoms with van der Waals surface area (Å²) in [6.07, 6.45) is 0.154. The van der Waals surface area contributed by atoms with Crippen LogP contribution in [0, 0.1) is 17.6 Å². The highest BCUT2D eigenvalue weighted by Gasteiger charge is 2.34. The SMILES string of the molecule is CC(C)(C)OC(=O)N1CC[C@@H](CO)[C@H](c2ccc(F)c(F)c2)C1. The Balaban J connectivity index is 2.18. The quantitative estimate of drug-likeness (QED) is 0.907. The fourth-order valence-corrected chi connectivity index (χ4v) is 2.83. The lowest BCUT2D eigenvalue weighted by molar-refractivity contribution is 0.0122. The molecule has 1 N–H and O–H groups in total. The fraction of sp³-hybridized carbons (Fsp3) is 0.588. The normalized spacial score (nSPS) is 22.1. The van der Waals surface area contributed by atoms with Gasteiger partial charge in [0.15, 0.2) is 11.6 Å². The lowest BCUT2D eigenvalue weighted by atomic mass is 9.81. The molecule has 0 saturated carbocycles. The summed E-state index contributed by atoms with van der Waals surface area (Å²) in [5.74, 6) is -2.18. The predicted octanol–water partition coefficient (Wildman–Crippen LogP) is 3.30. The maximum Gasteiger partial charge on any atom is 0.410 e. The highest BCUT2D eigenvalue weighted by molar-refractivity contribution is 5.68. The highest BCUT2D eigenvalue weighted by atomic mass is 19.2. The van der Waals surface area contributed by atoms with Crippen LogP contribution in [-0.2, 0) is 4.74 Å². The molecule has 1 amide bonds. The summed E-state index contributed by atoms with van der Waals surface area (Å²) in [6, 6.07) is 3.72. The third kappa shape index (κ3) is 4.41.